The second kappa shape index (κ2) is 5.60. The van der Waals surface area contributed by atoms with Gasteiger partial charge in [-0.05, 0) is 56.3 Å². The standard InChI is InChI=1S/C17H19N5O3S/c23-15(14-12(22(24)25)7-18-21-14)20-16-19-13(8-26-16)17-4-9-1-10(5-17)3-11(2-9)6-17/h7-11H,1-6H2,(H,18,21)(H,19,20,23). The maximum Gasteiger partial charge on any atom is 0.319 e. The third-order valence-electron chi connectivity index (χ3n) is 6.35. The molecule has 4 saturated carbocycles. The van der Waals surface area contributed by atoms with Gasteiger partial charge in [-0.3, -0.25) is 25.3 Å². The van der Waals surface area contributed by atoms with Crippen molar-refractivity contribution in [2.45, 2.75) is 43.9 Å². The molecule has 0 aliphatic heterocycles. The Kier molecular flexibility index (Phi) is 3.43. The van der Waals surface area contributed by atoms with Crippen LogP contribution in [0, 0.1) is 27.9 Å². The van der Waals surface area contributed by atoms with Crippen LogP contribution in [0.4, 0.5) is 10.8 Å². The lowest BCUT2D eigenvalue weighted by atomic mass is 9.49. The number of amides is 1. The molecule has 6 rings (SSSR count). The molecule has 4 bridgehead atoms. The van der Waals surface area contributed by atoms with E-state index in [0.29, 0.717) is 5.13 Å². The SMILES string of the molecule is O=C(Nc1nc(C23CC4CC(CC(C4)C2)C3)cs1)c1[nH]ncc1[N+](=O)[O-]. The summed E-state index contributed by atoms with van der Waals surface area (Å²) < 4.78 is 0. The van der Waals surface area contributed by atoms with E-state index >= 15 is 0 Å². The van der Waals surface area contributed by atoms with E-state index in [0.717, 1.165) is 29.6 Å². The summed E-state index contributed by atoms with van der Waals surface area (Å²) in [7, 11) is 0. The first kappa shape index (κ1) is 15.9. The van der Waals surface area contributed by atoms with E-state index in [1.165, 1.54) is 49.9 Å². The summed E-state index contributed by atoms with van der Waals surface area (Å²) in [4.78, 5) is 27.4. The van der Waals surface area contributed by atoms with Gasteiger partial charge in [-0.25, -0.2) is 4.98 Å². The summed E-state index contributed by atoms with van der Waals surface area (Å²) in [6, 6.07) is 0. The van der Waals surface area contributed by atoms with Crippen molar-refractivity contribution in [2.75, 3.05) is 5.32 Å². The summed E-state index contributed by atoms with van der Waals surface area (Å²) in [5.74, 6) is 1.90. The minimum absolute atomic E-state index is 0.151. The summed E-state index contributed by atoms with van der Waals surface area (Å²) >= 11 is 1.39. The fourth-order valence-electron chi connectivity index (χ4n) is 5.74. The number of anilines is 1. The first-order valence-electron chi connectivity index (χ1n) is 8.97. The van der Waals surface area contributed by atoms with Gasteiger partial charge in [-0.1, -0.05) is 0 Å². The van der Waals surface area contributed by atoms with Gasteiger partial charge in [0.25, 0.3) is 5.91 Å². The number of thiazole rings is 1. The van der Waals surface area contributed by atoms with Crippen molar-refractivity contribution in [2.24, 2.45) is 17.8 Å². The van der Waals surface area contributed by atoms with Crippen LogP contribution in [0.25, 0.3) is 0 Å². The van der Waals surface area contributed by atoms with Gasteiger partial charge in [0.15, 0.2) is 5.13 Å². The minimum Gasteiger partial charge on any atom is -0.296 e. The molecule has 0 unspecified atom stereocenters. The molecule has 2 heterocycles. The average Bonchev–Trinajstić information content (AvgIpc) is 3.23. The van der Waals surface area contributed by atoms with E-state index in [2.05, 4.69) is 20.9 Å². The zero-order valence-electron chi connectivity index (χ0n) is 14.1. The molecule has 0 spiro atoms. The maximum absolute atomic E-state index is 12.3. The van der Waals surface area contributed by atoms with Crippen molar-refractivity contribution in [3.8, 4) is 0 Å². The Morgan fingerprint density at radius 3 is 2.54 bits per heavy atom. The van der Waals surface area contributed by atoms with E-state index in [1.807, 2.05) is 0 Å². The van der Waals surface area contributed by atoms with Crippen molar-refractivity contribution in [3.05, 3.63) is 33.1 Å². The second-order valence-corrected chi connectivity index (χ2v) is 8.94. The Labute approximate surface area is 153 Å². The van der Waals surface area contributed by atoms with Crippen molar-refractivity contribution in [1.29, 1.82) is 0 Å². The number of rotatable bonds is 4. The number of H-pyrrole nitrogens is 1. The first-order chi connectivity index (χ1) is 12.5. The largest absolute Gasteiger partial charge is 0.319 e. The molecule has 8 nitrogen and oxygen atoms in total. The quantitative estimate of drug-likeness (QED) is 0.629. The van der Waals surface area contributed by atoms with Crippen molar-refractivity contribution in [1.82, 2.24) is 15.2 Å². The van der Waals surface area contributed by atoms with Crippen LogP contribution >= 0.6 is 11.3 Å². The lowest BCUT2D eigenvalue weighted by molar-refractivity contribution is -0.385. The van der Waals surface area contributed by atoms with Gasteiger partial charge < -0.3 is 0 Å². The van der Waals surface area contributed by atoms with E-state index in [-0.39, 0.29) is 16.8 Å². The zero-order valence-corrected chi connectivity index (χ0v) is 14.9. The summed E-state index contributed by atoms with van der Waals surface area (Å²) in [6.07, 6.45) is 8.79. The molecule has 4 aliphatic rings. The number of aromatic nitrogens is 3. The zero-order chi connectivity index (χ0) is 17.9. The number of hydrogen-bond acceptors (Lipinski definition) is 6. The molecule has 4 aliphatic carbocycles. The van der Waals surface area contributed by atoms with Gasteiger partial charge in [0, 0.05) is 10.8 Å². The molecule has 2 aromatic heterocycles. The van der Waals surface area contributed by atoms with Gasteiger partial charge in [0.1, 0.15) is 6.20 Å². The van der Waals surface area contributed by atoms with Gasteiger partial charge in [0.2, 0.25) is 5.69 Å². The molecular weight excluding hydrogens is 354 g/mol. The molecule has 2 aromatic rings. The number of carbonyl (C=O) groups excluding carboxylic acids is 1. The van der Waals surface area contributed by atoms with Gasteiger partial charge in [-0.2, -0.15) is 5.10 Å². The van der Waals surface area contributed by atoms with Crippen LogP contribution < -0.4 is 5.32 Å². The third kappa shape index (κ3) is 2.45. The highest BCUT2D eigenvalue weighted by molar-refractivity contribution is 7.14. The lowest BCUT2D eigenvalue weighted by Gasteiger charge is -2.56. The Morgan fingerprint density at radius 2 is 1.92 bits per heavy atom. The van der Waals surface area contributed by atoms with Crippen LogP contribution in [0.15, 0.2) is 11.6 Å². The first-order valence-corrected chi connectivity index (χ1v) is 9.85. The predicted molar refractivity (Wildman–Crippen MR) is 95.2 cm³/mol. The number of nitrogens with zero attached hydrogens (tertiary/aromatic N) is 3. The van der Waals surface area contributed by atoms with E-state index < -0.39 is 10.8 Å². The molecule has 0 radical (unpaired) electrons. The number of nitro groups is 1. The molecule has 9 heteroatoms. The molecule has 0 atom stereocenters. The highest BCUT2D eigenvalue weighted by atomic mass is 32.1. The highest BCUT2D eigenvalue weighted by Gasteiger charge is 2.52. The molecule has 4 fully saturated rings. The van der Waals surface area contributed by atoms with E-state index in [4.69, 9.17) is 4.98 Å². The summed E-state index contributed by atoms with van der Waals surface area (Å²) in [5, 5.41) is 22.2. The molecular formula is C17H19N5O3S. The maximum atomic E-state index is 12.3. The minimum atomic E-state index is -0.624. The predicted octanol–water partition coefficient (Wildman–Crippen LogP) is 3.49. The molecule has 136 valence electrons. The fourth-order valence-corrected chi connectivity index (χ4v) is 6.57. The van der Waals surface area contributed by atoms with E-state index in [9.17, 15) is 14.9 Å². The van der Waals surface area contributed by atoms with Crippen molar-refractivity contribution in [3.63, 3.8) is 0 Å². The van der Waals surface area contributed by atoms with Gasteiger partial charge >= 0.3 is 5.69 Å². The van der Waals surface area contributed by atoms with Crippen LogP contribution in [-0.2, 0) is 5.41 Å². The Morgan fingerprint density at radius 1 is 1.27 bits per heavy atom. The average molecular weight is 373 g/mol. The molecule has 1 amide bonds. The topological polar surface area (TPSA) is 114 Å². The summed E-state index contributed by atoms with van der Waals surface area (Å²) in [5.41, 5.74) is 0.784. The molecule has 2 N–H and O–H groups in total. The highest BCUT2D eigenvalue weighted by Crippen LogP contribution is 2.60. The Balaban J connectivity index is 1.37. The number of carbonyl (C=O) groups is 1. The van der Waals surface area contributed by atoms with Crippen molar-refractivity contribution >= 4 is 28.1 Å². The molecule has 26 heavy (non-hydrogen) atoms. The molecule has 0 saturated heterocycles. The normalized spacial score (nSPS) is 31.9. The van der Waals surface area contributed by atoms with E-state index in [1.54, 1.807) is 0 Å². The second-order valence-electron chi connectivity index (χ2n) is 8.08. The fraction of sp³-hybridized carbons (Fsp3) is 0.588. The number of aromatic amines is 1. The Hall–Kier alpha value is -2.29. The molecule has 0 aromatic carbocycles. The van der Waals surface area contributed by atoms with Gasteiger partial charge in [0.05, 0.1) is 10.6 Å². The van der Waals surface area contributed by atoms with Crippen LogP contribution in [0.5, 0.6) is 0 Å². The number of nitrogens with one attached hydrogen (secondary N) is 2. The Bertz CT molecular complexity index is 853. The van der Waals surface area contributed by atoms with Crippen molar-refractivity contribution < 1.29 is 9.72 Å². The monoisotopic (exact) mass is 373 g/mol. The van der Waals surface area contributed by atoms with Gasteiger partial charge in [-0.15, -0.1) is 11.3 Å². The third-order valence-corrected chi connectivity index (χ3v) is 7.11. The van der Waals surface area contributed by atoms with Crippen LogP contribution in [0.3, 0.4) is 0 Å². The summed E-state index contributed by atoms with van der Waals surface area (Å²) in [6.45, 7) is 0. The number of hydrogen-bond donors (Lipinski definition) is 2. The van der Waals surface area contributed by atoms with Crippen LogP contribution in [0.1, 0.15) is 54.7 Å². The van der Waals surface area contributed by atoms with Crippen LogP contribution in [0.2, 0.25) is 0 Å². The lowest BCUT2D eigenvalue weighted by Crippen LogP contribution is -2.48. The smallest absolute Gasteiger partial charge is 0.296 e. The van der Waals surface area contributed by atoms with Crippen LogP contribution in [-0.4, -0.2) is 26.0 Å².